The van der Waals surface area contributed by atoms with E-state index in [1.807, 2.05) is 26.0 Å². The van der Waals surface area contributed by atoms with Gasteiger partial charge in [0.1, 0.15) is 5.58 Å². The summed E-state index contributed by atoms with van der Waals surface area (Å²) < 4.78 is 5.69. The summed E-state index contributed by atoms with van der Waals surface area (Å²) in [5, 5.41) is 9.93. The minimum absolute atomic E-state index is 0.157. The normalized spacial score (nSPS) is 16.2. The zero-order valence-corrected chi connectivity index (χ0v) is 12.8. The van der Waals surface area contributed by atoms with Gasteiger partial charge in [0, 0.05) is 18.5 Å². The number of aliphatic carboxylic acids is 1. The van der Waals surface area contributed by atoms with Crippen molar-refractivity contribution in [3.8, 4) is 0 Å². The minimum Gasteiger partial charge on any atom is -0.481 e. The molecule has 1 aromatic carbocycles. The van der Waals surface area contributed by atoms with Gasteiger partial charge in [-0.3, -0.25) is 9.59 Å². The molecule has 0 bridgehead atoms. The highest BCUT2D eigenvalue weighted by Crippen LogP contribution is 2.25. The van der Waals surface area contributed by atoms with Crippen LogP contribution in [0.4, 0.5) is 0 Å². The van der Waals surface area contributed by atoms with E-state index in [0.29, 0.717) is 37.3 Å². The highest BCUT2D eigenvalue weighted by atomic mass is 16.4. The summed E-state index contributed by atoms with van der Waals surface area (Å²) in [6, 6.07) is 5.73. The second kappa shape index (κ2) is 5.48. The average Bonchev–Trinajstić information content (AvgIpc) is 2.90. The van der Waals surface area contributed by atoms with Gasteiger partial charge in [-0.05, 0) is 56.0 Å². The molecule has 1 fully saturated rings. The maximum Gasteiger partial charge on any atom is 0.306 e. The molecule has 2 aromatic rings. The Morgan fingerprint density at radius 3 is 2.41 bits per heavy atom. The zero-order chi connectivity index (χ0) is 15.9. The lowest BCUT2D eigenvalue weighted by Crippen LogP contribution is -2.40. The predicted molar refractivity (Wildman–Crippen MR) is 82.0 cm³/mol. The number of piperidine rings is 1. The van der Waals surface area contributed by atoms with Gasteiger partial charge in [0.25, 0.3) is 5.91 Å². The van der Waals surface area contributed by atoms with Crippen molar-refractivity contribution in [3.63, 3.8) is 0 Å². The Bertz CT molecular complexity index is 699. The molecule has 0 unspecified atom stereocenters. The van der Waals surface area contributed by atoms with Crippen LogP contribution in [0.15, 0.2) is 22.6 Å². The summed E-state index contributed by atoms with van der Waals surface area (Å²) in [5.41, 5.74) is 3.00. The van der Waals surface area contributed by atoms with Gasteiger partial charge < -0.3 is 14.4 Å². The molecule has 1 aromatic heterocycles. The van der Waals surface area contributed by atoms with E-state index < -0.39 is 5.97 Å². The second-order valence-corrected chi connectivity index (χ2v) is 5.99. The van der Waals surface area contributed by atoms with Crippen LogP contribution in [0.25, 0.3) is 11.0 Å². The number of fused-ring (bicyclic) bond motifs is 1. The Labute approximate surface area is 128 Å². The van der Waals surface area contributed by atoms with Crippen molar-refractivity contribution >= 4 is 22.8 Å². The monoisotopic (exact) mass is 301 g/mol. The molecule has 1 amide bonds. The van der Waals surface area contributed by atoms with Crippen molar-refractivity contribution in [2.75, 3.05) is 13.1 Å². The first-order chi connectivity index (χ1) is 10.5. The summed E-state index contributed by atoms with van der Waals surface area (Å²) in [5.74, 6) is -0.948. The molecule has 0 saturated carbocycles. The largest absolute Gasteiger partial charge is 0.481 e. The van der Waals surface area contributed by atoms with Crippen LogP contribution in [0.5, 0.6) is 0 Å². The lowest BCUT2D eigenvalue weighted by atomic mass is 9.97. The number of carboxylic acids is 1. The number of carbonyl (C=O) groups is 2. The van der Waals surface area contributed by atoms with Crippen LogP contribution < -0.4 is 0 Å². The van der Waals surface area contributed by atoms with Crippen molar-refractivity contribution in [1.82, 2.24) is 4.90 Å². The van der Waals surface area contributed by atoms with E-state index in [9.17, 15) is 9.59 Å². The summed E-state index contributed by atoms with van der Waals surface area (Å²) in [6.07, 6.45) is 0.999. The van der Waals surface area contributed by atoms with Crippen molar-refractivity contribution < 1.29 is 19.1 Å². The molecule has 1 aliphatic rings. The number of carbonyl (C=O) groups excluding carboxylic acids is 1. The Morgan fingerprint density at radius 1 is 1.14 bits per heavy atom. The highest BCUT2D eigenvalue weighted by Gasteiger charge is 2.28. The average molecular weight is 301 g/mol. The van der Waals surface area contributed by atoms with E-state index in [-0.39, 0.29) is 11.8 Å². The van der Waals surface area contributed by atoms with Crippen LogP contribution in [0, 0.1) is 19.8 Å². The molecule has 1 N–H and O–H groups in total. The fourth-order valence-corrected chi connectivity index (χ4v) is 2.89. The smallest absolute Gasteiger partial charge is 0.306 e. The molecule has 0 spiro atoms. The number of furan rings is 1. The topological polar surface area (TPSA) is 70.8 Å². The third kappa shape index (κ3) is 2.58. The Morgan fingerprint density at radius 2 is 1.77 bits per heavy atom. The van der Waals surface area contributed by atoms with Crippen LogP contribution in [-0.4, -0.2) is 35.0 Å². The molecular weight excluding hydrogens is 282 g/mol. The SMILES string of the molecule is Cc1cc2cc(C(=O)N3CCC(C(=O)O)CC3)oc2cc1C. The predicted octanol–water partition coefficient (Wildman–Crippen LogP) is 2.99. The van der Waals surface area contributed by atoms with Crippen molar-refractivity contribution in [1.29, 1.82) is 0 Å². The first kappa shape index (κ1) is 14.6. The molecule has 1 aliphatic heterocycles. The third-order valence-corrected chi connectivity index (χ3v) is 4.47. The summed E-state index contributed by atoms with van der Waals surface area (Å²) in [6.45, 7) is 4.96. The van der Waals surface area contributed by atoms with Crippen LogP contribution >= 0.6 is 0 Å². The summed E-state index contributed by atoms with van der Waals surface area (Å²) in [7, 11) is 0. The molecular formula is C17H19NO4. The van der Waals surface area contributed by atoms with Gasteiger partial charge in [0.2, 0.25) is 0 Å². The van der Waals surface area contributed by atoms with Gasteiger partial charge in [0.05, 0.1) is 5.92 Å². The fraction of sp³-hybridized carbons (Fsp3) is 0.412. The number of benzene rings is 1. The molecule has 3 rings (SSSR count). The molecule has 22 heavy (non-hydrogen) atoms. The molecule has 5 nitrogen and oxygen atoms in total. The molecule has 0 radical (unpaired) electrons. The van der Waals surface area contributed by atoms with Crippen molar-refractivity contribution in [3.05, 3.63) is 35.1 Å². The number of amides is 1. The molecule has 116 valence electrons. The van der Waals surface area contributed by atoms with Crippen LogP contribution in [0.2, 0.25) is 0 Å². The Kier molecular flexibility index (Phi) is 3.64. The minimum atomic E-state index is -0.776. The Hall–Kier alpha value is -2.30. The number of hydrogen-bond acceptors (Lipinski definition) is 3. The van der Waals surface area contributed by atoms with E-state index in [0.717, 1.165) is 16.5 Å². The van der Waals surface area contributed by atoms with Gasteiger partial charge in [0.15, 0.2) is 5.76 Å². The maximum absolute atomic E-state index is 12.5. The number of rotatable bonds is 2. The lowest BCUT2D eigenvalue weighted by Gasteiger charge is -2.29. The summed E-state index contributed by atoms with van der Waals surface area (Å²) in [4.78, 5) is 25.1. The number of hydrogen-bond donors (Lipinski definition) is 1. The summed E-state index contributed by atoms with van der Waals surface area (Å²) >= 11 is 0. The van der Waals surface area contributed by atoms with E-state index in [1.165, 1.54) is 0 Å². The quantitative estimate of drug-likeness (QED) is 0.925. The van der Waals surface area contributed by atoms with E-state index in [4.69, 9.17) is 9.52 Å². The molecule has 1 saturated heterocycles. The standard InChI is InChI=1S/C17H19NO4/c1-10-7-13-9-15(22-14(13)8-11(10)2)16(19)18-5-3-12(4-6-18)17(20)21/h7-9,12H,3-6H2,1-2H3,(H,20,21). The van der Waals surface area contributed by atoms with Gasteiger partial charge in [-0.15, -0.1) is 0 Å². The number of likely N-dealkylation sites (tertiary alicyclic amines) is 1. The maximum atomic E-state index is 12.5. The molecule has 5 heteroatoms. The van der Waals surface area contributed by atoms with Gasteiger partial charge in [-0.2, -0.15) is 0 Å². The Balaban J connectivity index is 1.79. The molecule has 0 atom stereocenters. The van der Waals surface area contributed by atoms with Gasteiger partial charge in [-0.1, -0.05) is 0 Å². The van der Waals surface area contributed by atoms with E-state index in [2.05, 4.69) is 0 Å². The number of carboxylic acid groups (broad SMARTS) is 1. The number of nitrogens with zero attached hydrogens (tertiary/aromatic N) is 1. The third-order valence-electron chi connectivity index (χ3n) is 4.47. The fourth-order valence-electron chi connectivity index (χ4n) is 2.89. The van der Waals surface area contributed by atoms with Crippen molar-refractivity contribution in [2.24, 2.45) is 5.92 Å². The van der Waals surface area contributed by atoms with Crippen molar-refractivity contribution in [2.45, 2.75) is 26.7 Å². The van der Waals surface area contributed by atoms with Crippen LogP contribution in [-0.2, 0) is 4.79 Å². The van der Waals surface area contributed by atoms with Gasteiger partial charge in [-0.25, -0.2) is 0 Å². The number of aryl methyl sites for hydroxylation is 2. The lowest BCUT2D eigenvalue weighted by molar-refractivity contribution is -0.143. The first-order valence-electron chi connectivity index (χ1n) is 7.48. The molecule has 0 aliphatic carbocycles. The zero-order valence-electron chi connectivity index (χ0n) is 12.8. The van der Waals surface area contributed by atoms with Gasteiger partial charge >= 0.3 is 5.97 Å². The first-order valence-corrected chi connectivity index (χ1v) is 7.48. The van der Waals surface area contributed by atoms with E-state index >= 15 is 0 Å². The molecule has 2 heterocycles. The highest BCUT2D eigenvalue weighted by molar-refractivity contribution is 5.96. The van der Waals surface area contributed by atoms with Crippen LogP contribution in [0.3, 0.4) is 0 Å². The van der Waals surface area contributed by atoms with Crippen LogP contribution in [0.1, 0.15) is 34.5 Å². The van der Waals surface area contributed by atoms with E-state index in [1.54, 1.807) is 11.0 Å². The second-order valence-electron chi connectivity index (χ2n) is 5.99.